The largest absolute Gasteiger partial charge is 0.573 e. The summed E-state index contributed by atoms with van der Waals surface area (Å²) in [6.45, 7) is 25.8. The molecule has 4 nitrogen and oxygen atoms in total. The van der Waals surface area contributed by atoms with Gasteiger partial charge >= 0.3 is 6.36 Å². The molecule has 0 aromatic heterocycles. The summed E-state index contributed by atoms with van der Waals surface area (Å²) in [7, 11) is 1.11. The molecule has 0 atom stereocenters. The molecule has 2 N–H and O–H groups in total. The fraction of sp³-hybridized carbons (Fsp3) is 0.559. The summed E-state index contributed by atoms with van der Waals surface area (Å²) in [6.07, 6.45) is 37.7. The fourth-order valence-corrected chi connectivity index (χ4v) is 7.65. The van der Waals surface area contributed by atoms with Crippen LogP contribution in [0.4, 0.5) is 13.2 Å². The molecule has 0 unspecified atom stereocenters. The van der Waals surface area contributed by atoms with Gasteiger partial charge in [-0.1, -0.05) is 116 Å². The van der Waals surface area contributed by atoms with Gasteiger partial charge in [0.05, 0.1) is 7.11 Å². The van der Waals surface area contributed by atoms with Gasteiger partial charge in [-0.25, -0.2) is 0 Å². The van der Waals surface area contributed by atoms with E-state index in [1.165, 1.54) is 63.5 Å². The van der Waals surface area contributed by atoms with Crippen LogP contribution in [0.25, 0.3) is 0 Å². The number of ether oxygens (including phenoxy) is 2. The third-order valence-corrected chi connectivity index (χ3v) is 12.1. The Kier molecular flexibility index (Phi) is 29.9. The van der Waals surface area contributed by atoms with Crippen LogP contribution in [-0.4, -0.2) is 23.7 Å². The summed E-state index contributed by atoms with van der Waals surface area (Å²) in [4.78, 5) is 0. The molecular weight excluding hydrogens is 830 g/mol. The molecular formula is C59H89F3O4. The number of hydrogen-bond acceptors (Lipinski definition) is 4. The van der Waals surface area contributed by atoms with Crippen molar-refractivity contribution in [3.8, 4) is 23.0 Å². The highest BCUT2D eigenvalue weighted by Crippen LogP contribution is 2.50. The number of benzene rings is 1. The molecule has 370 valence electrons. The number of hydrogen-bond donors (Lipinski definition) is 2. The molecule has 66 heavy (non-hydrogen) atoms. The SMILES string of the molecule is COc1c(O)c(C)c(C/C=C(\C)CC/C=C(\C)CC/C=C(\C)CC/C=C(\C)CC/C=C(\C)CC/C=C(\C)CC/C=C(\C)CC/C=C(\C)CC/C=C(\C)CCC=C(C)C)c(O)c1OC(F)(F)F. The van der Waals surface area contributed by atoms with E-state index in [-0.39, 0.29) is 17.5 Å². The first-order valence-corrected chi connectivity index (χ1v) is 24.5. The third kappa shape index (κ3) is 27.9. The molecule has 0 aliphatic rings. The van der Waals surface area contributed by atoms with Crippen molar-refractivity contribution >= 4 is 0 Å². The second kappa shape index (κ2) is 33.1. The van der Waals surface area contributed by atoms with Crippen molar-refractivity contribution in [1.29, 1.82) is 0 Å². The van der Waals surface area contributed by atoms with Gasteiger partial charge in [0.25, 0.3) is 0 Å². The molecule has 1 aromatic rings. The van der Waals surface area contributed by atoms with Crippen LogP contribution in [0.15, 0.2) is 116 Å². The van der Waals surface area contributed by atoms with E-state index >= 15 is 0 Å². The zero-order valence-electron chi connectivity index (χ0n) is 43.6. The Morgan fingerprint density at radius 1 is 0.409 bits per heavy atom. The van der Waals surface area contributed by atoms with Crippen LogP contribution < -0.4 is 9.47 Å². The van der Waals surface area contributed by atoms with Crippen molar-refractivity contribution in [2.24, 2.45) is 0 Å². The molecule has 0 saturated heterocycles. The molecule has 0 aliphatic heterocycles. The maximum atomic E-state index is 13.0. The molecule has 0 bridgehead atoms. The van der Waals surface area contributed by atoms with E-state index in [1.807, 2.05) is 13.0 Å². The van der Waals surface area contributed by atoms with Crippen LogP contribution in [0.1, 0.15) is 203 Å². The quantitative estimate of drug-likeness (QED) is 0.0575. The Morgan fingerprint density at radius 3 is 0.909 bits per heavy atom. The zero-order valence-corrected chi connectivity index (χ0v) is 43.6. The summed E-state index contributed by atoms with van der Waals surface area (Å²) in [5.74, 6) is -2.67. The topological polar surface area (TPSA) is 58.9 Å². The van der Waals surface area contributed by atoms with Gasteiger partial charge in [-0.3, -0.25) is 0 Å². The highest BCUT2D eigenvalue weighted by molar-refractivity contribution is 5.66. The summed E-state index contributed by atoms with van der Waals surface area (Å²) < 4.78 is 47.9. The number of phenolic OH excluding ortho intramolecular Hbond substituents is 2. The van der Waals surface area contributed by atoms with Gasteiger partial charge in [0.2, 0.25) is 11.5 Å². The first-order chi connectivity index (χ1) is 31.1. The van der Waals surface area contributed by atoms with Crippen molar-refractivity contribution in [2.75, 3.05) is 7.11 Å². The van der Waals surface area contributed by atoms with Gasteiger partial charge in [0.1, 0.15) is 0 Å². The van der Waals surface area contributed by atoms with E-state index in [0.29, 0.717) is 0 Å². The molecule has 7 heteroatoms. The lowest BCUT2D eigenvalue weighted by atomic mass is 9.99. The van der Waals surface area contributed by atoms with Crippen LogP contribution in [0.3, 0.4) is 0 Å². The summed E-state index contributed by atoms with van der Waals surface area (Å²) >= 11 is 0. The molecule has 0 spiro atoms. The van der Waals surface area contributed by atoms with Crippen LogP contribution in [0, 0.1) is 6.92 Å². The molecule has 0 amide bonds. The molecule has 1 rings (SSSR count). The lowest BCUT2D eigenvalue weighted by molar-refractivity contribution is -0.275. The summed E-state index contributed by atoms with van der Waals surface area (Å²) in [5, 5.41) is 21.0. The lowest BCUT2D eigenvalue weighted by Gasteiger charge is -2.19. The number of allylic oxidation sites excluding steroid dienone is 20. The van der Waals surface area contributed by atoms with Crippen LogP contribution in [0.5, 0.6) is 23.0 Å². The average Bonchev–Trinajstić information content (AvgIpc) is 3.22. The van der Waals surface area contributed by atoms with Crippen molar-refractivity contribution in [1.82, 2.24) is 0 Å². The number of rotatable bonds is 31. The molecule has 0 fully saturated rings. The van der Waals surface area contributed by atoms with Crippen molar-refractivity contribution < 1.29 is 32.9 Å². The van der Waals surface area contributed by atoms with Crippen LogP contribution in [0.2, 0.25) is 0 Å². The predicted octanol–water partition coefficient (Wildman–Crippen LogP) is 19.4. The van der Waals surface area contributed by atoms with Gasteiger partial charge in [-0.2, -0.15) is 0 Å². The third-order valence-electron chi connectivity index (χ3n) is 12.1. The van der Waals surface area contributed by atoms with Gasteiger partial charge in [0, 0.05) is 11.1 Å². The van der Waals surface area contributed by atoms with Gasteiger partial charge in [-0.05, 0) is 205 Å². The first-order valence-electron chi connectivity index (χ1n) is 24.5. The molecule has 0 saturated carbocycles. The Hall–Kier alpha value is -4.39. The minimum atomic E-state index is -5.06. The minimum absolute atomic E-state index is 0.139. The second-order valence-electron chi connectivity index (χ2n) is 19.0. The second-order valence-corrected chi connectivity index (χ2v) is 19.0. The monoisotopic (exact) mass is 919 g/mol. The number of alkyl halides is 3. The molecule has 0 heterocycles. The predicted molar refractivity (Wildman–Crippen MR) is 278 cm³/mol. The number of methoxy groups -OCH3 is 1. The Labute approximate surface area is 400 Å². The summed E-state index contributed by atoms with van der Waals surface area (Å²) in [6, 6.07) is 0. The van der Waals surface area contributed by atoms with E-state index < -0.39 is 29.4 Å². The van der Waals surface area contributed by atoms with E-state index in [0.717, 1.165) is 122 Å². The number of phenols is 2. The highest BCUT2D eigenvalue weighted by atomic mass is 19.4. The normalized spacial score (nSPS) is 14.3. The van der Waals surface area contributed by atoms with E-state index in [1.54, 1.807) is 0 Å². The van der Waals surface area contributed by atoms with Crippen molar-refractivity contribution in [3.63, 3.8) is 0 Å². The first kappa shape index (κ1) is 59.6. The lowest BCUT2D eigenvalue weighted by Crippen LogP contribution is -2.18. The molecule has 0 radical (unpaired) electrons. The zero-order chi connectivity index (χ0) is 49.7. The van der Waals surface area contributed by atoms with Gasteiger partial charge in [0.15, 0.2) is 11.5 Å². The van der Waals surface area contributed by atoms with Crippen molar-refractivity contribution in [2.45, 2.75) is 211 Å². The Balaban J connectivity index is 2.37. The van der Waals surface area contributed by atoms with Crippen molar-refractivity contribution in [3.05, 3.63) is 128 Å². The molecule has 0 aliphatic carbocycles. The molecule has 1 aromatic carbocycles. The number of halogens is 3. The Morgan fingerprint density at radius 2 is 0.667 bits per heavy atom. The minimum Gasteiger partial charge on any atom is -0.504 e. The van der Waals surface area contributed by atoms with E-state index in [4.69, 9.17) is 4.74 Å². The maximum Gasteiger partial charge on any atom is 0.573 e. The fourth-order valence-electron chi connectivity index (χ4n) is 7.65. The smallest absolute Gasteiger partial charge is 0.504 e. The number of aromatic hydroxyl groups is 2. The van der Waals surface area contributed by atoms with Gasteiger partial charge < -0.3 is 19.7 Å². The Bertz CT molecular complexity index is 1950. The maximum absolute atomic E-state index is 13.0. The highest BCUT2D eigenvalue weighted by Gasteiger charge is 2.36. The van der Waals surface area contributed by atoms with Crippen LogP contribution >= 0.6 is 0 Å². The average molecular weight is 919 g/mol. The summed E-state index contributed by atoms with van der Waals surface area (Å²) in [5.41, 5.74) is 14.5. The standard InChI is InChI=1S/C59H89F3O4/c1-43(2)23-14-24-44(3)25-15-26-45(4)27-16-28-46(5)29-17-30-47(6)31-18-32-48(7)33-19-34-49(8)35-20-36-50(9)37-21-38-51(10)39-22-40-52(11)41-42-54-53(12)55(63)57(65-13)58(56(54)64)66-59(60,61)62/h23,25,27,29,31,33,35,37,39,41,63-64H,14-22,24,26,28,30,32,34,36,38,40,42H2,1-13H3/b44-25+,45-27+,46-29+,47-31+,48-33+,49-35+,50-37+,51-39+,52-41+. The van der Waals surface area contributed by atoms with E-state index in [2.05, 4.69) is 129 Å². The van der Waals surface area contributed by atoms with E-state index in [9.17, 15) is 23.4 Å². The van der Waals surface area contributed by atoms with Crippen LogP contribution in [-0.2, 0) is 6.42 Å². The van der Waals surface area contributed by atoms with Gasteiger partial charge in [-0.15, -0.1) is 13.2 Å².